The van der Waals surface area contributed by atoms with E-state index in [1.165, 1.54) is 51.4 Å². The van der Waals surface area contributed by atoms with E-state index in [0.29, 0.717) is 12.8 Å². The normalized spacial score (nSPS) is 17.8. The number of aliphatic hydroxyl groups is 6. The number of aliphatic hydroxyl groups excluding tert-OH is 6. The highest BCUT2D eigenvalue weighted by Gasteiger charge is 2.44. The van der Waals surface area contributed by atoms with Gasteiger partial charge in [0.25, 0.3) is 5.91 Å². The van der Waals surface area contributed by atoms with Crippen LogP contribution in [0.1, 0.15) is 97.3 Å². The Kier molecular flexibility index (Phi) is 31.7. The van der Waals surface area contributed by atoms with E-state index in [1.807, 2.05) is 0 Å². The maximum Gasteiger partial charge on any atom is 0.297 e. The van der Waals surface area contributed by atoms with Gasteiger partial charge in [-0.2, -0.15) is 0 Å². The van der Waals surface area contributed by atoms with Gasteiger partial charge < -0.3 is 40.7 Å². The van der Waals surface area contributed by atoms with Crippen molar-refractivity contribution in [1.29, 1.82) is 0 Å². The summed E-state index contributed by atoms with van der Waals surface area (Å²) in [5.41, 5.74) is -1.10. The van der Waals surface area contributed by atoms with E-state index in [4.69, 9.17) is 4.74 Å². The van der Waals surface area contributed by atoms with Crippen LogP contribution in [0.25, 0.3) is 0 Å². The molecule has 7 N–H and O–H groups in total. The van der Waals surface area contributed by atoms with E-state index in [0.717, 1.165) is 31.0 Å². The minimum absolute atomic E-state index is 0.0707. The summed E-state index contributed by atoms with van der Waals surface area (Å²) in [5, 5.41) is 64.8. The van der Waals surface area contributed by atoms with Crippen LogP contribution in [-0.2, 0) is 9.53 Å². The van der Waals surface area contributed by atoms with Crippen LogP contribution in [-0.4, -0.2) is 97.0 Å². The van der Waals surface area contributed by atoms with Crippen LogP contribution in [0.3, 0.4) is 0 Å². The number of hydrogen-bond acceptors (Lipinski definition) is 9. The summed E-state index contributed by atoms with van der Waals surface area (Å²) in [6.45, 7) is 3.29. The Bertz CT molecular complexity index is 2140. The molecular weight excluding hydrogens is 775 g/mol. The lowest BCUT2D eigenvalue weighted by molar-refractivity contribution is -0.205. The summed E-state index contributed by atoms with van der Waals surface area (Å²) in [6.07, 6.45) is 5.83. The Morgan fingerprint density at radius 1 is 0.583 bits per heavy atom. The number of thioether (sulfide) groups is 1. The molecule has 9 nitrogen and oxygen atoms in total. The van der Waals surface area contributed by atoms with Crippen molar-refractivity contribution in [3.05, 3.63) is 0 Å². The Labute approximate surface area is 361 Å². The molecule has 1 heterocycles. The van der Waals surface area contributed by atoms with E-state index < -0.39 is 60.6 Å². The lowest BCUT2D eigenvalue weighted by Crippen LogP contribution is -2.58. The molecule has 0 spiro atoms. The topological polar surface area (TPSA) is 160 Å². The number of carbonyl (C=O) groups excluding carboxylic acids is 1. The van der Waals surface area contributed by atoms with Crippen LogP contribution in [0.4, 0.5) is 0 Å². The summed E-state index contributed by atoms with van der Waals surface area (Å²) >= 11 is 0.939. The second-order valence-corrected chi connectivity index (χ2v) is 14.1. The molecule has 1 saturated heterocycles. The fourth-order valence-corrected chi connectivity index (χ4v) is 6.50. The van der Waals surface area contributed by atoms with Crippen LogP contribution in [0.2, 0.25) is 0 Å². The van der Waals surface area contributed by atoms with Crippen LogP contribution in [0.5, 0.6) is 0 Å². The standard InChI is InChI=1S/C50H51NO8S/c1-3-5-7-9-11-13-15-17-18-19-20-21-22-23-24-25-26-27-29-31-33-35-37-39-45(54)51-42(41-60-50-49(58)48(57)47(56)44(40-52)59-50)46(55)43(53)38-36-34-32-30-28-16-14-12-10-8-6-4-2/h42-44,46-50,52-53,55-58H,4,6,8,10,12,14,16,28,30,32,34,36,38,40-41H2,1-2H3,(H,51,54)/t42-,43+,44?,46-,47-,48-,49?,50+/m0/s1. The summed E-state index contributed by atoms with van der Waals surface area (Å²) < 4.78 is 5.55. The third kappa shape index (κ3) is 26.3. The smallest absolute Gasteiger partial charge is 0.297 e. The van der Waals surface area contributed by atoms with Gasteiger partial charge in [-0.15, -0.1) is 11.8 Å². The minimum atomic E-state index is -1.59. The fraction of sp³-hybridized carbons (Fsp3) is 0.500. The summed E-state index contributed by atoms with van der Waals surface area (Å²) in [7, 11) is 0. The van der Waals surface area contributed by atoms with E-state index >= 15 is 0 Å². The van der Waals surface area contributed by atoms with E-state index in [2.05, 4.69) is 154 Å². The summed E-state index contributed by atoms with van der Waals surface area (Å²) in [4.78, 5) is 12.7. The zero-order valence-electron chi connectivity index (χ0n) is 34.1. The Morgan fingerprint density at radius 3 is 1.40 bits per heavy atom. The van der Waals surface area contributed by atoms with Crippen LogP contribution < -0.4 is 5.32 Å². The van der Waals surface area contributed by atoms with Crippen molar-refractivity contribution in [2.45, 2.75) is 145 Å². The lowest BCUT2D eigenvalue weighted by atomic mass is 9.99. The van der Waals surface area contributed by atoms with Gasteiger partial charge in [0, 0.05) is 47.2 Å². The first-order chi connectivity index (χ1) is 29.3. The number of amides is 1. The third-order valence-corrected chi connectivity index (χ3v) is 9.65. The summed E-state index contributed by atoms with van der Waals surface area (Å²) in [6, 6.07) is -1.05. The molecule has 0 aromatic carbocycles. The zero-order valence-corrected chi connectivity index (χ0v) is 34.9. The molecule has 0 radical (unpaired) electrons. The molecule has 0 aliphatic carbocycles. The molecule has 0 saturated carbocycles. The predicted molar refractivity (Wildman–Crippen MR) is 235 cm³/mol. The molecule has 1 aliphatic heterocycles. The van der Waals surface area contributed by atoms with E-state index in [9.17, 15) is 35.4 Å². The van der Waals surface area contributed by atoms with Gasteiger partial charge in [-0.1, -0.05) is 89.9 Å². The molecule has 0 aromatic rings. The van der Waals surface area contributed by atoms with Gasteiger partial charge in [0.05, 0.1) is 18.8 Å². The number of nitrogens with one attached hydrogen (secondary N) is 1. The second kappa shape index (κ2) is 36.3. The minimum Gasteiger partial charge on any atom is -0.394 e. The monoisotopic (exact) mass is 825 g/mol. The molecule has 60 heavy (non-hydrogen) atoms. The van der Waals surface area contributed by atoms with Crippen molar-refractivity contribution in [1.82, 2.24) is 5.32 Å². The van der Waals surface area contributed by atoms with Crippen LogP contribution >= 0.6 is 11.8 Å². The first-order valence-electron chi connectivity index (χ1n) is 19.8. The number of unbranched alkanes of at least 4 members (excludes halogenated alkanes) is 11. The molecule has 10 heteroatoms. The Hall–Kier alpha value is -5.74. The molecule has 1 amide bonds. The van der Waals surface area contributed by atoms with Crippen LogP contribution in [0, 0.1) is 142 Å². The lowest BCUT2D eigenvalue weighted by Gasteiger charge is -2.40. The first-order valence-corrected chi connectivity index (χ1v) is 20.8. The number of ether oxygens (including phenoxy) is 1. The molecule has 1 fully saturated rings. The quantitative estimate of drug-likeness (QED) is 0.0720. The van der Waals surface area contributed by atoms with Gasteiger partial charge in [0.2, 0.25) is 0 Å². The van der Waals surface area contributed by atoms with E-state index in [-0.39, 0.29) is 5.75 Å². The van der Waals surface area contributed by atoms with Gasteiger partial charge in [-0.25, -0.2) is 0 Å². The SMILES string of the molecule is CC#CC#CC#CC#CC#CC#CC#CC#CC#CC#CC#CC#CC(=O)N[C@@H](CS[C@H]1OC(CO)[C@H](O)[C@H](O)C1O)[C@H](O)[C@H](O)CCCCCCCCCCCCCC. The maximum absolute atomic E-state index is 12.7. The average Bonchev–Trinajstić information content (AvgIpc) is 3.25. The predicted octanol–water partition coefficient (Wildman–Crippen LogP) is 1.88. The molecule has 2 unspecified atom stereocenters. The van der Waals surface area contributed by atoms with Crippen molar-refractivity contribution < 1.29 is 40.2 Å². The zero-order chi connectivity index (χ0) is 43.9. The third-order valence-electron chi connectivity index (χ3n) is 8.38. The molecule has 8 atom stereocenters. The van der Waals surface area contributed by atoms with Gasteiger partial charge in [-0.3, -0.25) is 4.79 Å². The maximum atomic E-state index is 12.7. The highest BCUT2D eigenvalue weighted by molar-refractivity contribution is 7.99. The molecule has 1 rings (SSSR count). The highest BCUT2D eigenvalue weighted by Crippen LogP contribution is 2.29. The highest BCUT2D eigenvalue weighted by atomic mass is 32.2. The van der Waals surface area contributed by atoms with Crippen LogP contribution in [0.15, 0.2) is 0 Å². The van der Waals surface area contributed by atoms with Crippen molar-refractivity contribution in [3.63, 3.8) is 0 Å². The van der Waals surface area contributed by atoms with Crippen molar-refractivity contribution in [2.24, 2.45) is 0 Å². The van der Waals surface area contributed by atoms with Crippen molar-refractivity contribution in [2.75, 3.05) is 12.4 Å². The van der Waals surface area contributed by atoms with Crippen molar-refractivity contribution >= 4 is 17.7 Å². The molecule has 0 bridgehead atoms. The van der Waals surface area contributed by atoms with Gasteiger partial charge in [-0.05, 0) is 108 Å². The first kappa shape index (κ1) is 52.3. The molecular formula is C50H51NO8S. The fourth-order valence-electron chi connectivity index (χ4n) is 5.24. The molecule has 1 aliphatic rings. The second-order valence-electron chi connectivity index (χ2n) is 13.0. The van der Waals surface area contributed by atoms with Gasteiger partial charge in [0.1, 0.15) is 36.0 Å². The number of rotatable bonds is 20. The number of hydrogen-bond donors (Lipinski definition) is 7. The van der Waals surface area contributed by atoms with E-state index in [1.54, 1.807) is 6.92 Å². The average molecular weight is 826 g/mol. The largest absolute Gasteiger partial charge is 0.394 e. The Balaban J connectivity index is 2.73. The van der Waals surface area contributed by atoms with Gasteiger partial charge >= 0.3 is 0 Å². The molecule has 0 aromatic heterocycles. The number of carbonyl (C=O) groups is 1. The Morgan fingerprint density at radius 2 is 0.983 bits per heavy atom. The summed E-state index contributed by atoms with van der Waals surface area (Å²) in [5.74, 6) is 58.7. The van der Waals surface area contributed by atoms with Gasteiger partial charge in [0.15, 0.2) is 0 Å². The van der Waals surface area contributed by atoms with Crippen molar-refractivity contribution in [3.8, 4) is 142 Å². The molecule has 310 valence electrons.